The highest BCUT2D eigenvalue weighted by Crippen LogP contribution is 2.37. The van der Waals surface area contributed by atoms with Crippen LogP contribution in [-0.4, -0.2) is 32.4 Å². The van der Waals surface area contributed by atoms with Crippen LogP contribution in [0.2, 0.25) is 0 Å². The number of aryl methyl sites for hydroxylation is 1. The largest absolute Gasteiger partial charge is 0.284 e. The fourth-order valence-corrected chi connectivity index (χ4v) is 5.28. The third-order valence-electron chi connectivity index (χ3n) is 5.47. The molecule has 30 heavy (non-hydrogen) atoms. The minimum atomic E-state index is -3.90. The molecule has 152 valence electrons. The highest BCUT2D eigenvalue weighted by molar-refractivity contribution is 7.90. The standard InChI is InChI=1S/C22H21N5O2S/c1-26-15-17(14-24-26)21-20-19(16-8-4-2-5-9-16)12-13-23-22(20)27(25-21)30(28,29)18-10-6-3-7-11-18/h3-4,6-8,10-16H,2,5,9H2,1H3. The molecule has 0 amide bonds. The van der Waals surface area contributed by atoms with Gasteiger partial charge in [-0.05, 0) is 43.0 Å². The van der Waals surface area contributed by atoms with E-state index in [1.807, 2.05) is 19.3 Å². The highest BCUT2D eigenvalue weighted by atomic mass is 32.2. The predicted octanol–water partition coefficient (Wildman–Crippen LogP) is 3.89. The summed E-state index contributed by atoms with van der Waals surface area (Å²) in [5.74, 6) is 0.205. The number of aromatic nitrogens is 5. The first-order valence-electron chi connectivity index (χ1n) is 9.89. The van der Waals surface area contributed by atoms with Crippen LogP contribution in [0.4, 0.5) is 0 Å². The molecule has 0 fully saturated rings. The van der Waals surface area contributed by atoms with E-state index in [9.17, 15) is 8.42 Å². The lowest BCUT2D eigenvalue weighted by Gasteiger charge is -2.17. The molecule has 3 heterocycles. The van der Waals surface area contributed by atoms with Crippen molar-refractivity contribution in [1.29, 1.82) is 0 Å². The van der Waals surface area contributed by atoms with Gasteiger partial charge >= 0.3 is 0 Å². The molecule has 1 aromatic carbocycles. The van der Waals surface area contributed by atoms with E-state index in [2.05, 4.69) is 27.3 Å². The van der Waals surface area contributed by atoms with E-state index in [0.29, 0.717) is 11.3 Å². The molecular formula is C22H21N5O2S. The van der Waals surface area contributed by atoms with E-state index >= 15 is 0 Å². The number of benzene rings is 1. The first-order chi connectivity index (χ1) is 14.6. The Kier molecular flexibility index (Phi) is 4.51. The van der Waals surface area contributed by atoms with Crippen LogP contribution in [0, 0.1) is 0 Å². The number of rotatable bonds is 4. The minimum absolute atomic E-state index is 0.178. The van der Waals surface area contributed by atoms with Crippen LogP contribution < -0.4 is 0 Å². The van der Waals surface area contributed by atoms with Gasteiger partial charge in [-0.2, -0.15) is 18.6 Å². The van der Waals surface area contributed by atoms with Crippen molar-refractivity contribution in [3.8, 4) is 11.3 Å². The van der Waals surface area contributed by atoms with Gasteiger partial charge in [0.05, 0.1) is 16.5 Å². The first-order valence-corrected chi connectivity index (χ1v) is 11.3. The molecule has 1 atom stereocenters. The molecule has 0 saturated heterocycles. The fraction of sp³-hybridized carbons (Fsp3) is 0.227. The summed E-state index contributed by atoms with van der Waals surface area (Å²) in [7, 11) is -2.07. The number of nitrogens with zero attached hydrogens (tertiary/aromatic N) is 5. The summed E-state index contributed by atoms with van der Waals surface area (Å²) in [5.41, 5.74) is 2.73. The van der Waals surface area contributed by atoms with Gasteiger partial charge in [-0.25, -0.2) is 4.98 Å². The lowest BCUT2D eigenvalue weighted by molar-refractivity contribution is 0.582. The normalized spacial score (nSPS) is 16.9. The van der Waals surface area contributed by atoms with Crippen molar-refractivity contribution in [3.05, 3.63) is 72.7 Å². The van der Waals surface area contributed by atoms with Gasteiger partial charge < -0.3 is 0 Å². The number of fused-ring (bicyclic) bond motifs is 1. The van der Waals surface area contributed by atoms with Gasteiger partial charge in [-0.3, -0.25) is 4.68 Å². The molecule has 1 unspecified atom stereocenters. The second-order valence-corrected chi connectivity index (χ2v) is 9.24. The molecule has 0 N–H and O–H groups in total. The Morgan fingerprint density at radius 1 is 1.13 bits per heavy atom. The van der Waals surface area contributed by atoms with Gasteiger partial charge in [0, 0.05) is 30.9 Å². The predicted molar refractivity (Wildman–Crippen MR) is 114 cm³/mol. The Morgan fingerprint density at radius 2 is 1.97 bits per heavy atom. The molecular weight excluding hydrogens is 398 g/mol. The average molecular weight is 420 g/mol. The van der Waals surface area contributed by atoms with E-state index in [0.717, 1.165) is 39.9 Å². The zero-order valence-electron chi connectivity index (χ0n) is 16.5. The second kappa shape index (κ2) is 7.21. The Bertz CT molecular complexity index is 1350. The first kappa shape index (κ1) is 18.7. The molecule has 5 rings (SSSR count). The molecule has 0 aliphatic heterocycles. The molecule has 1 aliphatic rings. The van der Waals surface area contributed by atoms with Crippen molar-refractivity contribution in [2.75, 3.05) is 0 Å². The second-order valence-electron chi connectivity index (χ2n) is 7.48. The van der Waals surface area contributed by atoms with Crippen molar-refractivity contribution in [1.82, 2.24) is 24.0 Å². The summed E-state index contributed by atoms with van der Waals surface area (Å²) in [4.78, 5) is 4.63. The monoisotopic (exact) mass is 419 g/mol. The summed E-state index contributed by atoms with van der Waals surface area (Å²) in [5, 5.41) is 9.59. The lowest BCUT2D eigenvalue weighted by Crippen LogP contribution is -2.15. The van der Waals surface area contributed by atoms with E-state index in [1.165, 1.54) is 0 Å². The molecule has 8 heteroatoms. The van der Waals surface area contributed by atoms with Crippen molar-refractivity contribution in [2.24, 2.45) is 7.05 Å². The minimum Gasteiger partial charge on any atom is -0.275 e. The van der Waals surface area contributed by atoms with E-state index in [-0.39, 0.29) is 10.8 Å². The van der Waals surface area contributed by atoms with Gasteiger partial charge in [-0.15, -0.1) is 4.09 Å². The van der Waals surface area contributed by atoms with E-state index in [4.69, 9.17) is 0 Å². The van der Waals surface area contributed by atoms with Crippen LogP contribution >= 0.6 is 0 Å². The third-order valence-corrected chi connectivity index (χ3v) is 7.05. The van der Waals surface area contributed by atoms with Crippen LogP contribution in [0.1, 0.15) is 30.7 Å². The van der Waals surface area contributed by atoms with Gasteiger partial charge in [0.15, 0.2) is 5.65 Å². The zero-order valence-corrected chi connectivity index (χ0v) is 17.3. The maximum atomic E-state index is 13.4. The van der Waals surface area contributed by atoms with Crippen LogP contribution in [0.15, 0.2) is 72.0 Å². The SMILES string of the molecule is Cn1cc(-c2nn(S(=O)(=O)c3ccccc3)c3nccc(C4C=CCCC4)c23)cn1. The van der Waals surface area contributed by atoms with Gasteiger partial charge in [0.1, 0.15) is 5.69 Å². The van der Waals surface area contributed by atoms with Crippen molar-refractivity contribution in [2.45, 2.75) is 30.1 Å². The van der Waals surface area contributed by atoms with Crippen molar-refractivity contribution < 1.29 is 8.42 Å². The van der Waals surface area contributed by atoms with Gasteiger partial charge in [0.25, 0.3) is 10.0 Å². The quantitative estimate of drug-likeness (QED) is 0.469. The summed E-state index contributed by atoms with van der Waals surface area (Å²) in [6.45, 7) is 0. The number of hydrogen-bond acceptors (Lipinski definition) is 5. The van der Waals surface area contributed by atoms with Crippen LogP contribution in [0.3, 0.4) is 0 Å². The van der Waals surface area contributed by atoms with E-state index < -0.39 is 10.0 Å². The summed E-state index contributed by atoms with van der Waals surface area (Å²) in [6, 6.07) is 10.3. The van der Waals surface area contributed by atoms with Crippen molar-refractivity contribution >= 4 is 21.1 Å². The number of allylic oxidation sites excluding steroid dienone is 2. The summed E-state index contributed by atoms with van der Waals surface area (Å²) < 4.78 is 29.6. The third kappa shape index (κ3) is 3.04. The fourth-order valence-electron chi connectivity index (χ4n) is 4.03. The number of pyridine rings is 1. The lowest BCUT2D eigenvalue weighted by atomic mass is 9.87. The van der Waals surface area contributed by atoms with Crippen LogP contribution in [0.25, 0.3) is 22.3 Å². The Balaban J connectivity index is 1.82. The molecule has 1 aliphatic carbocycles. The number of hydrogen-bond donors (Lipinski definition) is 0. The van der Waals surface area contributed by atoms with Gasteiger partial charge in [0.2, 0.25) is 0 Å². The summed E-state index contributed by atoms with van der Waals surface area (Å²) >= 11 is 0. The summed E-state index contributed by atoms with van der Waals surface area (Å²) in [6.07, 6.45) is 12.8. The maximum absolute atomic E-state index is 13.4. The van der Waals surface area contributed by atoms with E-state index in [1.54, 1.807) is 47.4 Å². The van der Waals surface area contributed by atoms with Gasteiger partial charge in [-0.1, -0.05) is 30.4 Å². The Labute approximate surface area is 174 Å². The smallest absolute Gasteiger partial charge is 0.275 e. The molecule has 0 bridgehead atoms. The topological polar surface area (TPSA) is 82.7 Å². The Hall–Kier alpha value is -3.26. The average Bonchev–Trinajstić information content (AvgIpc) is 3.39. The Morgan fingerprint density at radius 3 is 2.67 bits per heavy atom. The van der Waals surface area contributed by atoms with Crippen LogP contribution in [-0.2, 0) is 17.1 Å². The van der Waals surface area contributed by atoms with Crippen LogP contribution in [0.5, 0.6) is 0 Å². The molecule has 7 nitrogen and oxygen atoms in total. The van der Waals surface area contributed by atoms with Crippen molar-refractivity contribution in [3.63, 3.8) is 0 Å². The molecule has 0 spiro atoms. The highest BCUT2D eigenvalue weighted by Gasteiger charge is 2.28. The maximum Gasteiger partial charge on any atom is 0.284 e. The molecule has 0 saturated carbocycles. The molecule has 0 radical (unpaired) electrons. The molecule has 4 aromatic rings. The molecule has 3 aromatic heterocycles. The zero-order chi connectivity index (χ0) is 20.7.